The summed E-state index contributed by atoms with van der Waals surface area (Å²) in [5, 5.41) is 26.8. The van der Waals surface area contributed by atoms with E-state index in [1.165, 1.54) is 0 Å². The molecule has 0 bridgehead atoms. The van der Waals surface area contributed by atoms with Gasteiger partial charge in [-0.2, -0.15) is 5.10 Å². The van der Waals surface area contributed by atoms with Crippen LogP contribution in [0.25, 0.3) is 11.3 Å². The SMILES string of the molecule is O=C(NCCC(O)C(=O)O)c1cc(-c2ccccc2)n[nH]1. The molecule has 1 heterocycles. The van der Waals surface area contributed by atoms with Gasteiger partial charge in [0.2, 0.25) is 0 Å². The Kier molecular flexibility index (Phi) is 4.68. The number of aromatic amines is 1. The van der Waals surface area contributed by atoms with Gasteiger partial charge in [0.25, 0.3) is 5.91 Å². The van der Waals surface area contributed by atoms with Gasteiger partial charge in [-0.15, -0.1) is 0 Å². The Bertz CT molecular complexity index is 624. The monoisotopic (exact) mass is 289 g/mol. The number of nitrogens with zero attached hydrogens (tertiary/aromatic N) is 1. The van der Waals surface area contributed by atoms with Gasteiger partial charge in [0, 0.05) is 18.5 Å². The molecule has 1 aromatic carbocycles. The largest absolute Gasteiger partial charge is 0.479 e. The average Bonchev–Trinajstić information content (AvgIpc) is 2.97. The molecule has 0 aliphatic carbocycles. The van der Waals surface area contributed by atoms with Crippen LogP contribution in [-0.2, 0) is 4.79 Å². The Morgan fingerprint density at radius 2 is 2.00 bits per heavy atom. The number of carbonyl (C=O) groups is 2. The fourth-order valence-corrected chi connectivity index (χ4v) is 1.74. The molecule has 1 atom stereocenters. The molecule has 0 saturated heterocycles. The van der Waals surface area contributed by atoms with Crippen molar-refractivity contribution < 1.29 is 19.8 Å². The zero-order chi connectivity index (χ0) is 15.2. The van der Waals surface area contributed by atoms with Crippen LogP contribution in [0.15, 0.2) is 36.4 Å². The summed E-state index contributed by atoms with van der Waals surface area (Å²) in [7, 11) is 0. The van der Waals surface area contributed by atoms with Crippen molar-refractivity contribution >= 4 is 11.9 Å². The van der Waals surface area contributed by atoms with Gasteiger partial charge in [0.15, 0.2) is 6.10 Å². The van der Waals surface area contributed by atoms with E-state index in [1.54, 1.807) is 6.07 Å². The van der Waals surface area contributed by atoms with E-state index >= 15 is 0 Å². The molecule has 1 unspecified atom stereocenters. The highest BCUT2D eigenvalue weighted by Gasteiger charge is 2.14. The number of hydrogen-bond acceptors (Lipinski definition) is 4. The molecular weight excluding hydrogens is 274 g/mol. The molecule has 0 saturated carbocycles. The van der Waals surface area contributed by atoms with Crippen molar-refractivity contribution in [2.75, 3.05) is 6.54 Å². The van der Waals surface area contributed by atoms with Crippen molar-refractivity contribution in [2.45, 2.75) is 12.5 Å². The van der Waals surface area contributed by atoms with Crippen molar-refractivity contribution in [1.82, 2.24) is 15.5 Å². The Hall–Kier alpha value is -2.67. The predicted octanol–water partition coefficient (Wildman–Crippen LogP) is 0.642. The van der Waals surface area contributed by atoms with Crippen molar-refractivity contribution in [3.05, 3.63) is 42.1 Å². The first-order valence-electron chi connectivity index (χ1n) is 6.38. The van der Waals surface area contributed by atoms with Crippen LogP contribution in [0.4, 0.5) is 0 Å². The Balaban J connectivity index is 1.92. The third-order valence-corrected chi connectivity index (χ3v) is 2.88. The van der Waals surface area contributed by atoms with E-state index in [0.717, 1.165) is 5.56 Å². The summed E-state index contributed by atoms with van der Waals surface area (Å²) in [4.78, 5) is 22.3. The van der Waals surface area contributed by atoms with Crippen LogP contribution in [0.1, 0.15) is 16.9 Å². The highest BCUT2D eigenvalue weighted by molar-refractivity contribution is 5.93. The fraction of sp³-hybridized carbons (Fsp3) is 0.214. The molecule has 2 rings (SSSR count). The second-order valence-corrected chi connectivity index (χ2v) is 4.43. The summed E-state index contributed by atoms with van der Waals surface area (Å²) in [6, 6.07) is 11.0. The number of nitrogens with one attached hydrogen (secondary N) is 2. The molecule has 0 fully saturated rings. The summed E-state index contributed by atoms with van der Waals surface area (Å²) < 4.78 is 0. The number of aliphatic carboxylic acids is 1. The second kappa shape index (κ2) is 6.67. The van der Waals surface area contributed by atoms with Crippen molar-refractivity contribution in [3.63, 3.8) is 0 Å². The van der Waals surface area contributed by atoms with E-state index in [1.807, 2.05) is 30.3 Å². The number of H-pyrrole nitrogens is 1. The van der Waals surface area contributed by atoms with Crippen LogP contribution in [-0.4, -0.2) is 44.9 Å². The van der Waals surface area contributed by atoms with E-state index in [-0.39, 0.29) is 18.7 Å². The molecule has 0 spiro atoms. The van der Waals surface area contributed by atoms with Gasteiger partial charge < -0.3 is 15.5 Å². The maximum atomic E-state index is 11.8. The van der Waals surface area contributed by atoms with E-state index in [0.29, 0.717) is 5.69 Å². The minimum Gasteiger partial charge on any atom is -0.479 e. The molecule has 2 aromatic rings. The van der Waals surface area contributed by atoms with Gasteiger partial charge in [0.1, 0.15) is 5.69 Å². The van der Waals surface area contributed by atoms with Crippen molar-refractivity contribution in [2.24, 2.45) is 0 Å². The number of carbonyl (C=O) groups excluding carboxylic acids is 1. The zero-order valence-corrected chi connectivity index (χ0v) is 11.1. The maximum Gasteiger partial charge on any atom is 0.332 e. The number of amides is 1. The molecule has 0 aliphatic rings. The van der Waals surface area contributed by atoms with Crippen LogP contribution >= 0.6 is 0 Å². The third kappa shape index (κ3) is 3.90. The normalized spacial score (nSPS) is 11.9. The summed E-state index contributed by atoms with van der Waals surface area (Å²) >= 11 is 0. The van der Waals surface area contributed by atoms with Gasteiger partial charge in [0.05, 0.1) is 5.69 Å². The zero-order valence-electron chi connectivity index (χ0n) is 11.1. The summed E-state index contributed by atoms with van der Waals surface area (Å²) in [6.45, 7) is 0.0615. The fourth-order valence-electron chi connectivity index (χ4n) is 1.74. The molecular formula is C14H15N3O4. The van der Waals surface area contributed by atoms with Crippen molar-refractivity contribution in [1.29, 1.82) is 0 Å². The lowest BCUT2D eigenvalue weighted by Gasteiger charge is -2.05. The van der Waals surface area contributed by atoms with Crippen LogP contribution in [0.2, 0.25) is 0 Å². The summed E-state index contributed by atoms with van der Waals surface area (Å²) in [6.07, 6.45) is -1.53. The highest BCUT2D eigenvalue weighted by atomic mass is 16.4. The number of carboxylic acid groups (broad SMARTS) is 1. The highest BCUT2D eigenvalue weighted by Crippen LogP contribution is 2.16. The lowest BCUT2D eigenvalue weighted by molar-refractivity contribution is -0.146. The first-order chi connectivity index (χ1) is 10.1. The lowest BCUT2D eigenvalue weighted by Crippen LogP contribution is -2.30. The number of carboxylic acids is 1. The van der Waals surface area contributed by atoms with Crippen LogP contribution in [0.5, 0.6) is 0 Å². The number of rotatable bonds is 6. The lowest BCUT2D eigenvalue weighted by atomic mass is 10.1. The molecule has 7 heteroatoms. The van der Waals surface area contributed by atoms with Crippen molar-refractivity contribution in [3.8, 4) is 11.3 Å². The van der Waals surface area contributed by atoms with Gasteiger partial charge in [-0.3, -0.25) is 9.89 Å². The molecule has 0 aliphatic heterocycles. The van der Waals surface area contributed by atoms with Crippen LogP contribution in [0.3, 0.4) is 0 Å². The third-order valence-electron chi connectivity index (χ3n) is 2.88. The Morgan fingerprint density at radius 1 is 1.29 bits per heavy atom. The first-order valence-corrected chi connectivity index (χ1v) is 6.38. The minimum absolute atomic E-state index is 0.0548. The quantitative estimate of drug-likeness (QED) is 0.623. The molecule has 110 valence electrons. The summed E-state index contributed by atoms with van der Waals surface area (Å²) in [5.41, 5.74) is 1.80. The van der Waals surface area contributed by atoms with Gasteiger partial charge in [-0.1, -0.05) is 30.3 Å². The summed E-state index contributed by atoms with van der Waals surface area (Å²) in [5.74, 6) is -1.71. The molecule has 1 amide bonds. The number of aliphatic hydroxyl groups excluding tert-OH is 1. The van der Waals surface area contributed by atoms with E-state index in [2.05, 4.69) is 15.5 Å². The number of benzene rings is 1. The molecule has 0 radical (unpaired) electrons. The van der Waals surface area contributed by atoms with E-state index in [9.17, 15) is 9.59 Å². The predicted molar refractivity (Wildman–Crippen MR) is 74.6 cm³/mol. The second-order valence-electron chi connectivity index (χ2n) is 4.43. The minimum atomic E-state index is -1.48. The molecule has 7 nitrogen and oxygen atoms in total. The smallest absolute Gasteiger partial charge is 0.332 e. The van der Waals surface area contributed by atoms with Gasteiger partial charge >= 0.3 is 5.97 Å². The van der Waals surface area contributed by atoms with Crippen LogP contribution < -0.4 is 5.32 Å². The van der Waals surface area contributed by atoms with E-state index < -0.39 is 18.0 Å². The van der Waals surface area contributed by atoms with Gasteiger partial charge in [-0.25, -0.2) is 4.79 Å². The van der Waals surface area contributed by atoms with Crippen LogP contribution in [0, 0.1) is 0 Å². The molecule has 4 N–H and O–H groups in total. The number of aliphatic hydroxyl groups is 1. The first kappa shape index (κ1) is 14.7. The Morgan fingerprint density at radius 3 is 2.67 bits per heavy atom. The van der Waals surface area contributed by atoms with E-state index in [4.69, 9.17) is 10.2 Å². The molecule has 21 heavy (non-hydrogen) atoms. The number of aromatic nitrogens is 2. The number of hydrogen-bond donors (Lipinski definition) is 4. The average molecular weight is 289 g/mol. The maximum absolute atomic E-state index is 11.8. The Labute approximate surface area is 120 Å². The topological polar surface area (TPSA) is 115 Å². The molecule has 1 aromatic heterocycles. The van der Waals surface area contributed by atoms with Gasteiger partial charge in [-0.05, 0) is 6.07 Å². The standard InChI is InChI=1S/C14H15N3O4/c18-12(14(20)21)6-7-15-13(19)11-8-10(16-17-11)9-4-2-1-3-5-9/h1-5,8,12,18H,6-7H2,(H,15,19)(H,16,17)(H,20,21).